The maximum Gasteiger partial charge on any atom is 0.338 e. The van der Waals surface area contributed by atoms with Crippen molar-refractivity contribution in [1.29, 1.82) is 0 Å². The van der Waals surface area contributed by atoms with Crippen LogP contribution in [0.2, 0.25) is 0 Å². The molecule has 0 saturated carbocycles. The number of carbonyl (C=O) groups excluding carboxylic acids is 1. The Morgan fingerprint density at radius 3 is 2.69 bits per heavy atom. The van der Waals surface area contributed by atoms with Crippen LogP contribution in [0.25, 0.3) is 21.7 Å². The molecule has 0 saturated heterocycles. The Bertz CT molecular complexity index is 1340. The number of esters is 1. The van der Waals surface area contributed by atoms with Crippen LogP contribution in [0.4, 0.5) is 5.69 Å². The van der Waals surface area contributed by atoms with Crippen LogP contribution in [0.1, 0.15) is 21.5 Å². The summed E-state index contributed by atoms with van der Waals surface area (Å²) >= 11 is 0. The molecule has 1 aromatic heterocycles. The highest BCUT2D eigenvalue weighted by Crippen LogP contribution is 2.28. The van der Waals surface area contributed by atoms with E-state index >= 15 is 0 Å². The Morgan fingerprint density at radius 2 is 1.90 bits per heavy atom. The standard InChI is InChI=1S/C22H15NO6/c1-13-16(7-4-8-18(13)23(26)27)22(25)28-12-15-11-20(24)29-19-10-9-14-5-2-3-6-17(14)21(15)19/h2-11H,12H2,1H3. The van der Waals surface area contributed by atoms with Gasteiger partial charge in [-0.25, -0.2) is 9.59 Å². The van der Waals surface area contributed by atoms with E-state index in [1.807, 2.05) is 30.3 Å². The monoisotopic (exact) mass is 389 g/mol. The van der Waals surface area contributed by atoms with Crippen molar-refractivity contribution in [1.82, 2.24) is 0 Å². The Balaban J connectivity index is 1.73. The Hall–Kier alpha value is -4.00. The normalized spacial score (nSPS) is 10.9. The van der Waals surface area contributed by atoms with E-state index < -0.39 is 16.5 Å². The van der Waals surface area contributed by atoms with E-state index in [1.54, 1.807) is 6.07 Å². The molecule has 144 valence electrons. The quantitative estimate of drug-likeness (QED) is 0.167. The maximum absolute atomic E-state index is 12.6. The van der Waals surface area contributed by atoms with Crippen molar-refractivity contribution >= 4 is 33.4 Å². The van der Waals surface area contributed by atoms with E-state index in [9.17, 15) is 19.7 Å². The summed E-state index contributed by atoms with van der Waals surface area (Å²) < 4.78 is 10.7. The van der Waals surface area contributed by atoms with Crippen LogP contribution in [0.3, 0.4) is 0 Å². The van der Waals surface area contributed by atoms with Crippen molar-refractivity contribution in [2.24, 2.45) is 0 Å². The molecule has 4 rings (SSSR count). The first-order chi connectivity index (χ1) is 14.0. The highest BCUT2D eigenvalue weighted by Gasteiger charge is 2.19. The van der Waals surface area contributed by atoms with Crippen molar-refractivity contribution in [3.05, 3.63) is 97.9 Å². The lowest BCUT2D eigenvalue weighted by atomic mass is 10.0. The lowest BCUT2D eigenvalue weighted by Crippen LogP contribution is -2.10. The number of nitrogens with zero attached hydrogens (tertiary/aromatic N) is 1. The van der Waals surface area contributed by atoms with Crippen LogP contribution in [-0.2, 0) is 11.3 Å². The first-order valence-electron chi connectivity index (χ1n) is 8.81. The van der Waals surface area contributed by atoms with E-state index in [4.69, 9.17) is 9.15 Å². The third-order valence-corrected chi connectivity index (χ3v) is 4.80. The van der Waals surface area contributed by atoms with Gasteiger partial charge in [-0.2, -0.15) is 0 Å². The van der Waals surface area contributed by atoms with Gasteiger partial charge in [0, 0.05) is 28.6 Å². The largest absolute Gasteiger partial charge is 0.457 e. The van der Waals surface area contributed by atoms with E-state index in [0.717, 1.165) is 10.8 Å². The minimum atomic E-state index is -0.701. The second kappa shape index (κ2) is 7.20. The Morgan fingerprint density at radius 1 is 1.10 bits per heavy atom. The zero-order chi connectivity index (χ0) is 20.5. The summed E-state index contributed by atoms with van der Waals surface area (Å²) in [5, 5.41) is 13.6. The first kappa shape index (κ1) is 18.4. The summed E-state index contributed by atoms with van der Waals surface area (Å²) in [5.74, 6) is -0.701. The van der Waals surface area contributed by atoms with Crippen molar-refractivity contribution in [3.8, 4) is 0 Å². The molecule has 0 radical (unpaired) electrons. The van der Waals surface area contributed by atoms with Crippen molar-refractivity contribution in [3.63, 3.8) is 0 Å². The molecule has 0 amide bonds. The number of nitro groups is 1. The summed E-state index contributed by atoms with van der Waals surface area (Å²) in [6, 6.07) is 16.7. The molecule has 4 aromatic rings. The summed E-state index contributed by atoms with van der Waals surface area (Å²) in [4.78, 5) is 35.0. The number of benzene rings is 3. The fourth-order valence-corrected chi connectivity index (χ4v) is 3.40. The van der Waals surface area contributed by atoms with E-state index in [0.29, 0.717) is 16.5 Å². The highest BCUT2D eigenvalue weighted by atomic mass is 16.6. The van der Waals surface area contributed by atoms with Crippen LogP contribution in [-0.4, -0.2) is 10.9 Å². The van der Waals surface area contributed by atoms with Crippen LogP contribution in [0, 0.1) is 17.0 Å². The molecule has 3 aromatic carbocycles. The number of fused-ring (bicyclic) bond motifs is 3. The molecule has 0 aliphatic heterocycles. The Labute approximate surface area is 164 Å². The van der Waals surface area contributed by atoms with E-state index in [-0.39, 0.29) is 23.4 Å². The average molecular weight is 389 g/mol. The fraction of sp³-hybridized carbons (Fsp3) is 0.0909. The first-order valence-corrected chi connectivity index (χ1v) is 8.81. The van der Waals surface area contributed by atoms with E-state index in [2.05, 4.69) is 0 Å². The minimum Gasteiger partial charge on any atom is -0.457 e. The molecule has 7 heteroatoms. The van der Waals surface area contributed by atoms with Crippen LogP contribution in [0.5, 0.6) is 0 Å². The lowest BCUT2D eigenvalue weighted by molar-refractivity contribution is -0.385. The molecule has 29 heavy (non-hydrogen) atoms. The molecule has 0 fully saturated rings. The minimum absolute atomic E-state index is 0.108. The predicted octanol–water partition coefficient (Wildman–Crippen LogP) is 4.52. The van der Waals surface area contributed by atoms with Crippen molar-refractivity contribution in [2.45, 2.75) is 13.5 Å². The lowest BCUT2D eigenvalue weighted by Gasteiger charge is -2.10. The van der Waals surface area contributed by atoms with Gasteiger partial charge in [-0.3, -0.25) is 10.1 Å². The second-order valence-corrected chi connectivity index (χ2v) is 6.53. The molecule has 0 aliphatic carbocycles. The number of rotatable bonds is 4. The van der Waals surface area contributed by atoms with Gasteiger partial charge in [-0.1, -0.05) is 36.4 Å². The smallest absolute Gasteiger partial charge is 0.338 e. The average Bonchev–Trinajstić information content (AvgIpc) is 2.71. The molecule has 0 spiro atoms. The van der Waals surface area contributed by atoms with Gasteiger partial charge in [-0.15, -0.1) is 0 Å². The second-order valence-electron chi connectivity index (χ2n) is 6.53. The van der Waals surface area contributed by atoms with Crippen molar-refractivity contribution < 1.29 is 18.9 Å². The Kier molecular flexibility index (Phi) is 4.56. The van der Waals surface area contributed by atoms with Gasteiger partial charge in [0.2, 0.25) is 0 Å². The van der Waals surface area contributed by atoms with Gasteiger partial charge < -0.3 is 9.15 Å². The molecular formula is C22H15NO6. The third-order valence-electron chi connectivity index (χ3n) is 4.80. The molecule has 0 bridgehead atoms. The van der Waals surface area contributed by atoms with Crippen LogP contribution < -0.4 is 5.63 Å². The fourth-order valence-electron chi connectivity index (χ4n) is 3.40. The number of ether oxygens (including phenoxy) is 1. The van der Waals surface area contributed by atoms with Crippen LogP contribution >= 0.6 is 0 Å². The van der Waals surface area contributed by atoms with Crippen molar-refractivity contribution in [2.75, 3.05) is 0 Å². The number of hydrogen-bond donors (Lipinski definition) is 0. The van der Waals surface area contributed by atoms with Gasteiger partial charge in [0.25, 0.3) is 5.69 Å². The highest BCUT2D eigenvalue weighted by molar-refractivity contribution is 6.07. The number of nitro benzene ring substituents is 1. The van der Waals surface area contributed by atoms with Gasteiger partial charge in [0.05, 0.1) is 10.5 Å². The van der Waals surface area contributed by atoms with Gasteiger partial charge in [0.15, 0.2) is 0 Å². The molecule has 0 N–H and O–H groups in total. The molecule has 0 aliphatic rings. The molecule has 7 nitrogen and oxygen atoms in total. The predicted molar refractivity (Wildman–Crippen MR) is 107 cm³/mol. The molecular weight excluding hydrogens is 374 g/mol. The topological polar surface area (TPSA) is 99.7 Å². The molecule has 0 atom stereocenters. The zero-order valence-electron chi connectivity index (χ0n) is 15.4. The van der Waals surface area contributed by atoms with Gasteiger partial charge in [-0.05, 0) is 29.8 Å². The molecule has 1 heterocycles. The molecule has 0 unspecified atom stereocenters. The third kappa shape index (κ3) is 3.34. The van der Waals surface area contributed by atoms with Crippen LogP contribution in [0.15, 0.2) is 69.9 Å². The summed E-state index contributed by atoms with van der Waals surface area (Å²) in [7, 11) is 0. The van der Waals surface area contributed by atoms with Gasteiger partial charge >= 0.3 is 11.6 Å². The number of hydrogen-bond acceptors (Lipinski definition) is 6. The summed E-state index contributed by atoms with van der Waals surface area (Å²) in [5.41, 5.74) is 0.529. The SMILES string of the molecule is Cc1c(C(=O)OCc2cc(=O)oc3ccc4ccccc4c23)cccc1[N+](=O)[O-]. The zero-order valence-corrected chi connectivity index (χ0v) is 15.4. The van der Waals surface area contributed by atoms with Gasteiger partial charge in [0.1, 0.15) is 12.2 Å². The maximum atomic E-state index is 12.6. The summed E-state index contributed by atoms with van der Waals surface area (Å²) in [6.07, 6.45) is 0. The summed E-state index contributed by atoms with van der Waals surface area (Å²) in [6.45, 7) is 1.33. The van der Waals surface area contributed by atoms with E-state index in [1.165, 1.54) is 31.2 Å². The number of carbonyl (C=O) groups is 1.